The molecule has 7 aliphatic rings. The average molecular weight is 1410 g/mol. The standard InChI is InChI=1S/C38H53N3O12S.C30H41N3O10S/c1-24(2)20-40(54(44,45)27-12-13-30-31(19-27)50-23-49-30)21-32-29(18-25-8-10-26(11-9-25)46-17-15-39-35(42)53-37(3,4)5)41(38(6,7)52-32)36(43)51-33-22-48-34-28(33)14-16-47-34;1-19(2)15-33(44(36,37)22-7-8-26-27(14-22)42-18-41-26)16-25(34)24(13-20-3-5-21(6-4-20)38-12-10-31)32-30(35)43-28-17-40-29-23(28)9-11-39-29/h8-13,19,24,28-29,32-34H,14-18,20-23H2,1-7H3,(H,39,42);3-8,14,19,23-25,28-29,34H,9-13,15-18,31H2,1-2H3,(H,32,35)/t28-,29-,32+,33+,34+;23-,24-,25+,28+,29+/m00/s1. The van der Waals surface area contributed by atoms with Crippen LogP contribution in [0.1, 0.15) is 86.3 Å². The molecule has 5 saturated heterocycles. The molecule has 28 nitrogen and oxygen atoms in total. The van der Waals surface area contributed by atoms with Crippen molar-refractivity contribution in [3.8, 4) is 34.5 Å². The number of rotatable bonds is 27. The molecule has 4 aromatic carbocycles. The van der Waals surface area contributed by atoms with Gasteiger partial charge in [-0.05, 0) is 132 Å². The molecule has 7 heterocycles. The molecule has 98 heavy (non-hydrogen) atoms. The summed E-state index contributed by atoms with van der Waals surface area (Å²) in [5, 5.41) is 17.0. The molecule has 4 aromatic rings. The third-order valence-corrected chi connectivity index (χ3v) is 20.9. The number of aliphatic hydroxyl groups is 1. The zero-order valence-electron chi connectivity index (χ0n) is 57.0. The number of aliphatic hydroxyl groups excluding tert-OH is 1. The number of hydrogen-bond donors (Lipinski definition) is 4. The predicted octanol–water partition coefficient (Wildman–Crippen LogP) is 6.77. The molecule has 0 bridgehead atoms. The van der Waals surface area contributed by atoms with Gasteiger partial charge in [-0.15, -0.1) is 0 Å². The molecule has 0 aliphatic carbocycles. The minimum absolute atomic E-state index is 0.0121. The van der Waals surface area contributed by atoms with E-state index in [1.807, 2.05) is 64.1 Å². The van der Waals surface area contributed by atoms with Gasteiger partial charge in [0.2, 0.25) is 33.6 Å². The molecule has 7 aliphatic heterocycles. The van der Waals surface area contributed by atoms with E-state index in [2.05, 4.69) is 10.6 Å². The predicted molar refractivity (Wildman–Crippen MR) is 353 cm³/mol. The molecular formula is C68H94N6O22S2. The topological polar surface area (TPSA) is 329 Å². The van der Waals surface area contributed by atoms with Crippen molar-refractivity contribution in [2.45, 2.75) is 158 Å². The van der Waals surface area contributed by atoms with Crippen molar-refractivity contribution in [2.75, 3.05) is 92.5 Å². The van der Waals surface area contributed by atoms with Gasteiger partial charge in [0, 0.05) is 44.9 Å². The molecule has 11 rings (SSSR count). The molecule has 540 valence electrons. The number of alkyl carbamates (subject to hydrolysis) is 2. The Hall–Kier alpha value is -6.97. The number of nitrogens with one attached hydrogen (secondary N) is 2. The second-order valence-corrected chi connectivity index (χ2v) is 31.2. The van der Waals surface area contributed by atoms with Crippen LogP contribution >= 0.6 is 0 Å². The Morgan fingerprint density at radius 3 is 1.74 bits per heavy atom. The maximum atomic E-state index is 14.3. The van der Waals surface area contributed by atoms with Crippen molar-refractivity contribution in [3.63, 3.8) is 0 Å². The van der Waals surface area contributed by atoms with Gasteiger partial charge < -0.3 is 87.8 Å². The monoisotopic (exact) mass is 1410 g/mol. The van der Waals surface area contributed by atoms with Gasteiger partial charge in [-0.2, -0.15) is 8.61 Å². The number of benzene rings is 4. The van der Waals surface area contributed by atoms with Crippen molar-refractivity contribution in [1.29, 1.82) is 0 Å². The smallest absolute Gasteiger partial charge is 0.412 e. The van der Waals surface area contributed by atoms with Gasteiger partial charge in [-0.25, -0.2) is 31.2 Å². The zero-order valence-corrected chi connectivity index (χ0v) is 58.6. The molecule has 0 spiro atoms. The lowest BCUT2D eigenvalue weighted by Gasteiger charge is -2.34. The van der Waals surface area contributed by atoms with Gasteiger partial charge >= 0.3 is 18.3 Å². The first-order chi connectivity index (χ1) is 46.6. The number of carbonyl (C=O) groups is 3. The van der Waals surface area contributed by atoms with E-state index in [0.717, 1.165) is 24.0 Å². The molecular weight excluding hydrogens is 1320 g/mol. The fourth-order valence-electron chi connectivity index (χ4n) is 12.7. The fraction of sp³-hybridized carbons (Fsp3) is 0.603. The van der Waals surface area contributed by atoms with Crippen LogP contribution in [0.2, 0.25) is 0 Å². The van der Waals surface area contributed by atoms with E-state index in [-0.39, 0.29) is 112 Å². The molecule has 5 fully saturated rings. The highest BCUT2D eigenvalue weighted by atomic mass is 32.2. The first-order valence-corrected chi connectivity index (χ1v) is 36.2. The zero-order chi connectivity index (χ0) is 70.1. The number of amides is 3. The SMILES string of the molecule is CC(C)CN(C[C@@H](O)[C@H](Cc1ccc(OCCN)cc1)NC(=O)O[C@@H]1CO[C@H]2OCC[C@H]21)S(=O)(=O)c1ccc2c(c1)OCO2.CC(C)CN(C[C@H]1OC(C)(C)N(C(=O)O[C@@H]2CO[C@H]3OCC[C@H]32)[C@H]1Cc1ccc(OCCNC(=O)OC(C)(C)C)cc1)S(=O)(=O)c1ccc2c(c1)OCO2. The summed E-state index contributed by atoms with van der Waals surface area (Å²) >= 11 is 0. The van der Waals surface area contributed by atoms with Crippen LogP contribution in [0.3, 0.4) is 0 Å². The van der Waals surface area contributed by atoms with Gasteiger partial charge in [0.1, 0.15) is 48.2 Å². The van der Waals surface area contributed by atoms with Crippen LogP contribution in [-0.2, 0) is 70.8 Å². The third-order valence-electron chi connectivity index (χ3n) is 17.3. The van der Waals surface area contributed by atoms with Crippen molar-refractivity contribution in [1.82, 2.24) is 24.1 Å². The van der Waals surface area contributed by atoms with E-state index in [9.17, 15) is 36.3 Å². The maximum absolute atomic E-state index is 14.3. The Morgan fingerprint density at radius 1 is 0.673 bits per heavy atom. The van der Waals surface area contributed by atoms with Gasteiger partial charge in [-0.1, -0.05) is 52.0 Å². The Balaban J connectivity index is 0.000000217. The van der Waals surface area contributed by atoms with Crippen molar-refractivity contribution in [3.05, 3.63) is 96.1 Å². The van der Waals surface area contributed by atoms with Crippen LogP contribution in [0.15, 0.2) is 94.7 Å². The van der Waals surface area contributed by atoms with Crippen LogP contribution in [0.25, 0.3) is 0 Å². The van der Waals surface area contributed by atoms with Crippen LogP contribution in [0.4, 0.5) is 14.4 Å². The largest absolute Gasteiger partial charge is 0.492 e. The van der Waals surface area contributed by atoms with Gasteiger partial charge in [0.25, 0.3) is 0 Å². The van der Waals surface area contributed by atoms with E-state index in [0.29, 0.717) is 67.3 Å². The second-order valence-electron chi connectivity index (χ2n) is 27.3. The lowest BCUT2D eigenvalue weighted by atomic mass is 9.99. The Kier molecular flexibility index (Phi) is 24.2. The summed E-state index contributed by atoms with van der Waals surface area (Å²) in [6, 6.07) is 22.1. The molecule has 0 saturated carbocycles. The minimum atomic E-state index is -4.05. The van der Waals surface area contributed by atoms with Gasteiger partial charge in [0.15, 0.2) is 35.6 Å². The molecule has 0 aromatic heterocycles. The summed E-state index contributed by atoms with van der Waals surface area (Å²) in [5.41, 5.74) is 5.43. The quantitative estimate of drug-likeness (QED) is 0.0353. The highest BCUT2D eigenvalue weighted by molar-refractivity contribution is 7.89. The van der Waals surface area contributed by atoms with E-state index in [1.165, 1.54) is 32.9 Å². The van der Waals surface area contributed by atoms with Crippen LogP contribution in [0.5, 0.6) is 34.5 Å². The van der Waals surface area contributed by atoms with E-state index < -0.39 is 92.4 Å². The van der Waals surface area contributed by atoms with Crippen LogP contribution in [-0.4, -0.2) is 207 Å². The molecule has 30 heteroatoms. The number of fused-ring (bicyclic) bond motifs is 4. The number of nitrogens with two attached hydrogens (primary N) is 1. The summed E-state index contributed by atoms with van der Waals surface area (Å²) in [4.78, 5) is 40.9. The van der Waals surface area contributed by atoms with Gasteiger partial charge in [0.05, 0.1) is 78.9 Å². The first-order valence-electron chi connectivity index (χ1n) is 33.3. The first kappa shape index (κ1) is 73.7. The Labute approximate surface area is 573 Å². The number of sulfonamides is 2. The average Bonchev–Trinajstić information content (AvgIpc) is 1.60. The third kappa shape index (κ3) is 18.7. The van der Waals surface area contributed by atoms with Crippen molar-refractivity contribution in [2.24, 2.45) is 29.4 Å². The summed E-state index contributed by atoms with van der Waals surface area (Å²) in [5.74, 6) is 2.69. The highest BCUT2D eigenvalue weighted by Crippen LogP contribution is 2.41. The highest BCUT2D eigenvalue weighted by Gasteiger charge is 2.54. The van der Waals surface area contributed by atoms with Crippen molar-refractivity contribution >= 4 is 38.3 Å². The summed E-state index contributed by atoms with van der Waals surface area (Å²) < 4.78 is 138. The van der Waals surface area contributed by atoms with E-state index in [4.69, 9.17) is 72.0 Å². The molecule has 5 N–H and O–H groups in total. The lowest BCUT2D eigenvalue weighted by molar-refractivity contribution is -0.0912. The molecule has 0 unspecified atom stereocenters. The van der Waals surface area contributed by atoms with Crippen molar-refractivity contribution < 1.29 is 103 Å². The number of ether oxygens (including phenoxy) is 14. The van der Waals surface area contributed by atoms with E-state index in [1.54, 1.807) is 63.8 Å². The maximum Gasteiger partial charge on any atom is 0.412 e. The number of nitrogens with zero attached hydrogens (tertiary/aromatic N) is 3. The minimum Gasteiger partial charge on any atom is -0.492 e. The Morgan fingerprint density at radius 2 is 1.19 bits per heavy atom. The van der Waals surface area contributed by atoms with Gasteiger partial charge in [-0.3, -0.25) is 4.90 Å². The molecule has 0 radical (unpaired) electrons. The normalized spacial score (nSPS) is 23.5. The van der Waals surface area contributed by atoms with E-state index >= 15 is 0 Å². The number of carbonyl (C=O) groups excluding carboxylic acids is 3. The summed E-state index contributed by atoms with van der Waals surface area (Å²) in [6.45, 7) is 19.5. The fourth-order valence-corrected chi connectivity index (χ4v) is 16.0. The second kappa shape index (κ2) is 32.1. The molecule has 10 atom stereocenters. The lowest BCUT2D eigenvalue weighted by Crippen LogP contribution is -2.51. The van der Waals surface area contributed by atoms with Crippen LogP contribution in [0, 0.1) is 23.7 Å². The molecule has 3 amide bonds. The Bertz CT molecular complexity index is 3580. The summed E-state index contributed by atoms with van der Waals surface area (Å²) in [7, 11) is -8.09. The van der Waals surface area contributed by atoms with Crippen LogP contribution < -0.4 is 44.8 Å². The number of hydrogen-bond acceptors (Lipinski definition) is 23. The summed E-state index contributed by atoms with van der Waals surface area (Å²) in [6.07, 6.45) is -3.61.